The summed E-state index contributed by atoms with van der Waals surface area (Å²) in [5.74, 6) is 0. The lowest BCUT2D eigenvalue weighted by molar-refractivity contribution is 0.590. The first-order valence-electron chi connectivity index (χ1n) is 6.28. The second-order valence-electron chi connectivity index (χ2n) is 4.97. The summed E-state index contributed by atoms with van der Waals surface area (Å²) in [6.45, 7) is 10.5. The number of nitrogens with zero attached hydrogens (tertiary/aromatic N) is 3. The van der Waals surface area contributed by atoms with Gasteiger partial charge in [0.05, 0.1) is 10.7 Å². The molecular formula is C15H21N3S. The summed E-state index contributed by atoms with van der Waals surface area (Å²) in [5, 5.41) is 5.90. The molecular weight excluding hydrogens is 254 g/mol. The maximum atomic E-state index is 4.69. The molecule has 0 saturated carbocycles. The third kappa shape index (κ3) is 2.14. The molecule has 3 nitrogen and oxygen atoms in total. The van der Waals surface area contributed by atoms with Crippen LogP contribution < -0.4 is 0 Å². The molecule has 2 rings (SSSR count). The topological polar surface area (TPSA) is 21.1 Å². The van der Waals surface area contributed by atoms with Gasteiger partial charge in [-0.05, 0) is 38.2 Å². The Morgan fingerprint density at radius 2 is 1.84 bits per heavy atom. The van der Waals surface area contributed by atoms with Crippen LogP contribution in [0.3, 0.4) is 0 Å². The number of thioether (sulfide) groups is 1. The molecule has 0 saturated heterocycles. The van der Waals surface area contributed by atoms with Crippen molar-refractivity contribution in [1.82, 2.24) is 14.7 Å². The highest BCUT2D eigenvalue weighted by molar-refractivity contribution is 7.98. The highest BCUT2D eigenvalue weighted by atomic mass is 32.2. The quantitative estimate of drug-likeness (QED) is 0.770. The molecule has 0 fully saturated rings. The Balaban J connectivity index is 2.64. The van der Waals surface area contributed by atoms with Gasteiger partial charge < -0.3 is 4.90 Å². The highest BCUT2D eigenvalue weighted by Gasteiger charge is 2.24. The van der Waals surface area contributed by atoms with Crippen molar-refractivity contribution in [1.29, 1.82) is 0 Å². The van der Waals surface area contributed by atoms with Crippen molar-refractivity contribution in [2.75, 3.05) is 13.3 Å². The standard InChI is InChI=1S/C15H21N3S/c1-9-8-10(2)14(17(5)12(9)4)13-11(3)15(19-7)18(6)16-13/h8H,4H2,1-3,5-7H3. The second kappa shape index (κ2) is 4.93. The minimum absolute atomic E-state index is 1.04. The van der Waals surface area contributed by atoms with Gasteiger partial charge in [-0.25, -0.2) is 0 Å². The molecule has 4 heteroatoms. The predicted octanol–water partition coefficient (Wildman–Crippen LogP) is 3.59. The molecule has 0 unspecified atom stereocenters. The van der Waals surface area contributed by atoms with Crippen molar-refractivity contribution >= 4 is 17.5 Å². The smallest absolute Gasteiger partial charge is 0.113 e. The summed E-state index contributed by atoms with van der Waals surface area (Å²) >= 11 is 1.73. The van der Waals surface area contributed by atoms with E-state index in [4.69, 9.17) is 5.10 Å². The van der Waals surface area contributed by atoms with Crippen LogP contribution in [0.1, 0.15) is 25.1 Å². The summed E-state index contributed by atoms with van der Waals surface area (Å²) in [4.78, 5) is 2.14. The van der Waals surface area contributed by atoms with E-state index in [0.717, 1.165) is 17.1 Å². The Morgan fingerprint density at radius 1 is 1.21 bits per heavy atom. The normalized spacial score (nSPS) is 16.2. The number of aromatic nitrogens is 2. The zero-order valence-corrected chi connectivity index (χ0v) is 13.4. The van der Waals surface area contributed by atoms with Crippen LogP contribution in [0.15, 0.2) is 34.5 Å². The van der Waals surface area contributed by atoms with E-state index < -0.39 is 0 Å². The lowest BCUT2D eigenvalue weighted by atomic mass is 10.00. The molecule has 2 heterocycles. The molecule has 1 aliphatic heterocycles. The van der Waals surface area contributed by atoms with Crippen molar-refractivity contribution < 1.29 is 0 Å². The third-order valence-corrected chi connectivity index (χ3v) is 4.60. The Kier molecular flexibility index (Phi) is 3.63. The van der Waals surface area contributed by atoms with Crippen LogP contribution in [-0.2, 0) is 7.05 Å². The SMILES string of the molecule is C=C1C(C)=CC(C)=C(c2nn(C)c(SC)c2C)N1C. The van der Waals surface area contributed by atoms with Gasteiger partial charge in [-0.1, -0.05) is 12.7 Å². The summed E-state index contributed by atoms with van der Waals surface area (Å²) < 4.78 is 1.96. The molecule has 1 aliphatic rings. The van der Waals surface area contributed by atoms with Gasteiger partial charge in [0.25, 0.3) is 0 Å². The van der Waals surface area contributed by atoms with Crippen molar-refractivity contribution in [2.24, 2.45) is 7.05 Å². The third-order valence-electron chi connectivity index (χ3n) is 3.64. The Labute approximate surface area is 119 Å². The second-order valence-corrected chi connectivity index (χ2v) is 5.77. The first-order chi connectivity index (χ1) is 8.88. The zero-order chi connectivity index (χ0) is 14.3. The first kappa shape index (κ1) is 14.0. The molecule has 0 N–H and O–H groups in total. The van der Waals surface area contributed by atoms with Crippen molar-refractivity contribution in [2.45, 2.75) is 25.8 Å². The zero-order valence-electron chi connectivity index (χ0n) is 12.5. The summed E-state index contributed by atoms with van der Waals surface area (Å²) in [6.07, 6.45) is 4.27. The number of hydrogen-bond donors (Lipinski definition) is 0. The van der Waals surface area contributed by atoms with Gasteiger partial charge in [-0.3, -0.25) is 4.68 Å². The Morgan fingerprint density at radius 3 is 2.37 bits per heavy atom. The molecule has 0 radical (unpaired) electrons. The van der Waals surface area contributed by atoms with Gasteiger partial charge in [0.2, 0.25) is 0 Å². The van der Waals surface area contributed by atoms with E-state index in [1.165, 1.54) is 21.7 Å². The van der Waals surface area contributed by atoms with Gasteiger partial charge in [0, 0.05) is 25.4 Å². The number of rotatable bonds is 2. The van der Waals surface area contributed by atoms with Gasteiger partial charge in [0.15, 0.2) is 0 Å². The molecule has 0 atom stereocenters. The van der Waals surface area contributed by atoms with Crippen LogP contribution in [0.2, 0.25) is 0 Å². The number of likely N-dealkylation sites (N-methyl/N-ethyl adjacent to an activating group) is 1. The van der Waals surface area contributed by atoms with E-state index >= 15 is 0 Å². The van der Waals surface area contributed by atoms with Gasteiger partial charge in [0.1, 0.15) is 5.69 Å². The van der Waals surface area contributed by atoms with Crippen LogP contribution in [-0.4, -0.2) is 28.0 Å². The van der Waals surface area contributed by atoms with Crippen LogP contribution in [0.25, 0.3) is 5.70 Å². The molecule has 0 amide bonds. The lowest BCUT2D eigenvalue weighted by Crippen LogP contribution is -2.21. The molecule has 1 aromatic heterocycles. The van der Waals surface area contributed by atoms with Crippen LogP contribution in [0.5, 0.6) is 0 Å². The number of hydrogen-bond acceptors (Lipinski definition) is 3. The predicted molar refractivity (Wildman–Crippen MR) is 83.0 cm³/mol. The number of aryl methyl sites for hydroxylation is 1. The monoisotopic (exact) mass is 275 g/mol. The minimum Gasteiger partial charge on any atom is -0.343 e. The fourth-order valence-electron chi connectivity index (χ4n) is 2.61. The van der Waals surface area contributed by atoms with Crippen molar-refractivity contribution in [3.8, 4) is 0 Å². The minimum atomic E-state index is 1.04. The highest BCUT2D eigenvalue weighted by Crippen LogP contribution is 2.35. The fourth-order valence-corrected chi connectivity index (χ4v) is 3.32. The average molecular weight is 275 g/mol. The molecule has 1 aromatic rings. The summed E-state index contributed by atoms with van der Waals surface area (Å²) in [6, 6.07) is 0. The number of allylic oxidation sites excluding steroid dienone is 3. The molecule has 0 aliphatic carbocycles. The average Bonchev–Trinajstić information content (AvgIpc) is 2.62. The lowest BCUT2D eigenvalue weighted by Gasteiger charge is -2.30. The van der Waals surface area contributed by atoms with E-state index in [1.54, 1.807) is 11.8 Å². The first-order valence-corrected chi connectivity index (χ1v) is 7.51. The van der Waals surface area contributed by atoms with Gasteiger partial charge in [-0.15, -0.1) is 11.8 Å². The van der Waals surface area contributed by atoms with Gasteiger partial charge >= 0.3 is 0 Å². The van der Waals surface area contributed by atoms with Crippen LogP contribution in [0.4, 0.5) is 0 Å². The summed E-state index contributed by atoms with van der Waals surface area (Å²) in [5.41, 5.74) is 6.93. The fraction of sp³-hybridized carbons (Fsp3) is 0.400. The van der Waals surface area contributed by atoms with E-state index in [9.17, 15) is 0 Å². The molecule has 0 aromatic carbocycles. The summed E-state index contributed by atoms with van der Waals surface area (Å²) in [7, 11) is 4.06. The Bertz CT molecular complexity index is 605. The van der Waals surface area contributed by atoms with E-state index in [-0.39, 0.29) is 0 Å². The molecule has 102 valence electrons. The maximum absolute atomic E-state index is 4.69. The molecule has 0 bridgehead atoms. The van der Waals surface area contributed by atoms with E-state index in [2.05, 4.69) is 51.6 Å². The van der Waals surface area contributed by atoms with Gasteiger partial charge in [-0.2, -0.15) is 5.10 Å². The van der Waals surface area contributed by atoms with E-state index in [1.807, 2.05) is 11.7 Å². The van der Waals surface area contributed by atoms with Crippen molar-refractivity contribution in [3.63, 3.8) is 0 Å². The maximum Gasteiger partial charge on any atom is 0.113 e. The molecule has 0 spiro atoms. The van der Waals surface area contributed by atoms with Crippen LogP contribution in [0, 0.1) is 6.92 Å². The van der Waals surface area contributed by atoms with Crippen molar-refractivity contribution in [3.05, 3.63) is 40.8 Å². The van der Waals surface area contributed by atoms with E-state index in [0.29, 0.717) is 0 Å². The largest absolute Gasteiger partial charge is 0.343 e. The Hall–Kier alpha value is -1.42. The van der Waals surface area contributed by atoms with Crippen LogP contribution >= 0.6 is 11.8 Å². The molecule has 19 heavy (non-hydrogen) atoms.